The molecule has 134 valence electrons. The summed E-state index contributed by atoms with van der Waals surface area (Å²) >= 11 is 0. The number of carbonyl (C=O) groups is 1. The number of nitrogens with zero attached hydrogens (tertiary/aromatic N) is 1. The minimum Gasteiger partial charge on any atom is -0.361 e. The molecule has 1 fully saturated rings. The third-order valence-electron chi connectivity index (χ3n) is 4.60. The maximum Gasteiger partial charge on any atom is 0.319 e. The molecule has 2 unspecified atom stereocenters. The molecule has 1 heterocycles. The zero-order valence-corrected chi connectivity index (χ0v) is 15.2. The summed E-state index contributed by atoms with van der Waals surface area (Å²) in [5.74, 6) is 0.853. The zero-order chi connectivity index (χ0) is 18.0. The van der Waals surface area contributed by atoms with Crippen LogP contribution in [0.1, 0.15) is 61.4 Å². The van der Waals surface area contributed by atoms with Gasteiger partial charge in [-0.1, -0.05) is 17.3 Å². The minimum absolute atomic E-state index is 0.131. The van der Waals surface area contributed by atoms with Crippen molar-refractivity contribution in [1.82, 2.24) is 15.8 Å². The van der Waals surface area contributed by atoms with Crippen LogP contribution in [0.4, 0.5) is 10.5 Å². The van der Waals surface area contributed by atoms with E-state index in [2.05, 4.69) is 35.0 Å². The number of urea groups is 1. The molecule has 1 aromatic carbocycles. The summed E-state index contributed by atoms with van der Waals surface area (Å²) < 4.78 is 5.25. The Hall–Kier alpha value is -2.34. The normalized spacial score (nSPS) is 16.3. The summed E-state index contributed by atoms with van der Waals surface area (Å²) in [6.45, 7) is 8.13. The molecule has 1 aliphatic rings. The predicted octanol–water partition coefficient (Wildman–Crippen LogP) is 3.99. The van der Waals surface area contributed by atoms with Crippen molar-refractivity contribution in [2.75, 3.05) is 5.32 Å². The van der Waals surface area contributed by atoms with Crippen LogP contribution in [0.5, 0.6) is 0 Å². The lowest BCUT2D eigenvalue weighted by Gasteiger charge is -2.20. The third kappa shape index (κ3) is 4.39. The number of benzene rings is 1. The maximum atomic E-state index is 11.8. The fraction of sp³-hybridized carbons (Fsp3) is 0.474. The lowest BCUT2D eigenvalue weighted by atomic mass is 10.0. The van der Waals surface area contributed by atoms with Crippen molar-refractivity contribution in [3.8, 4) is 0 Å². The second-order valence-electron chi connectivity index (χ2n) is 6.84. The number of aromatic nitrogens is 1. The molecule has 6 heteroatoms. The van der Waals surface area contributed by atoms with Crippen LogP contribution in [0.15, 0.2) is 28.8 Å². The first-order chi connectivity index (χ1) is 11.9. The highest BCUT2D eigenvalue weighted by atomic mass is 16.5. The van der Waals surface area contributed by atoms with Gasteiger partial charge in [-0.25, -0.2) is 4.79 Å². The molecular weight excluding hydrogens is 316 g/mol. The average molecular weight is 342 g/mol. The molecule has 0 saturated heterocycles. The van der Waals surface area contributed by atoms with Crippen molar-refractivity contribution in [1.29, 1.82) is 0 Å². The van der Waals surface area contributed by atoms with E-state index < -0.39 is 0 Å². The Morgan fingerprint density at radius 1 is 1.16 bits per heavy atom. The van der Waals surface area contributed by atoms with E-state index in [4.69, 9.17) is 4.52 Å². The molecular formula is C19H26N4O2. The van der Waals surface area contributed by atoms with Gasteiger partial charge in [-0.3, -0.25) is 0 Å². The largest absolute Gasteiger partial charge is 0.361 e. The van der Waals surface area contributed by atoms with Gasteiger partial charge in [0.1, 0.15) is 5.76 Å². The van der Waals surface area contributed by atoms with E-state index in [-0.39, 0.29) is 18.1 Å². The molecule has 1 aromatic heterocycles. The SMILES string of the molecule is Cc1noc(C)c1C(C)NC(C)c1ccc(NC(=O)NC2CC2)cc1. The molecule has 3 N–H and O–H groups in total. The fourth-order valence-corrected chi connectivity index (χ4v) is 3.10. The van der Waals surface area contributed by atoms with E-state index in [0.29, 0.717) is 6.04 Å². The Morgan fingerprint density at radius 3 is 2.40 bits per heavy atom. The van der Waals surface area contributed by atoms with Gasteiger partial charge in [0, 0.05) is 29.4 Å². The molecule has 1 aliphatic carbocycles. The van der Waals surface area contributed by atoms with Crippen LogP contribution < -0.4 is 16.0 Å². The first-order valence-corrected chi connectivity index (χ1v) is 8.80. The van der Waals surface area contributed by atoms with Gasteiger partial charge in [-0.2, -0.15) is 0 Å². The van der Waals surface area contributed by atoms with Crippen molar-refractivity contribution in [2.45, 2.75) is 58.7 Å². The summed E-state index contributed by atoms with van der Waals surface area (Å²) in [5, 5.41) is 13.4. The number of rotatable bonds is 6. The van der Waals surface area contributed by atoms with E-state index in [1.807, 2.05) is 38.1 Å². The first-order valence-electron chi connectivity index (χ1n) is 8.80. The summed E-state index contributed by atoms with van der Waals surface area (Å²) in [4.78, 5) is 11.8. The maximum absolute atomic E-state index is 11.8. The Balaban J connectivity index is 1.58. The molecule has 2 aromatic rings. The van der Waals surface area contributed by atoms with Crippen molar-refractivity contribution in [2.24, 2.45) is 0 Å². The third-order valence-corrected chi connectivity index (χ3v) is 4.60. The van der Waals surface area contributed by atoms with Gasteiger partial charge in [0.25, 0.3) is 0 Å². The molecule has 3 rings (SSSR count). The number of hydrogen-bond acceptors (Lipinski definition) is 4. The van der Waals surface area contributed by atoms with Gasteiger partial charge in [0.2, 0.25) is 0 Å². The summed E-state index contributed by atoms with van der Waals surface area (Å²) in [6.07, 6.45) is 2.16. The van der Waals surface area contributed by atoms with Crippen LogP contribution in [0.2, 0.25) is 0 Å². The zero-order valence-electron chi connectivity index (χ0n) is 15.2. The Bertz CT molecular complexity index is 715. The van der Waals surface area contributed by atoms with Crippen molar-refractivity contribution in [3.63, 3.8) is 0 Å². The second kappa shape index (κ2) is 7.27. The van der Waals surface area contributed by atoms with E-state index in [1.54, 1.807) is 0 Å². The van der Waals surface area contributed by atoms with Gasteiger partial charge in [-0.05, 0) is 58.2 Å². The molecule has 0 bridgehead atoms. The number of aryl methyl sites for hydroxylation is 2. The second-order valence-corrected chi connectivity index (χ2v) is 6.84. The number of anilines is 1. The standard InChI is InChI=1S/C19H26N4O2/c1-11(20-12(2)18-13(3)23-25-14(18)4)15-5-7-16(8-6-15)21-19(24)22-17-9-10-17/h5-8,11-12,17,20H,9-10H2,1-4H3,(H2,21,22,24). The van der Waals surface area contributed by atoms with Crippen LogP contribution in [-0.2, 0) is 0 Å². The minimum atomic E-state index is -0.131. The molecule has 6 nitrogen and oxygen atoms in total. The molecule has 1 saturated carbocycles. The van der Waals surface area contributed by atoms with Gasteiger partial charge in [-0.15, -0.1) is 0 Å². The fourth-order valence-electron chi connectivity index (χ4n) is 3.10. The topological polar surface area (TPSA) is 79.2 Å². The lowest BCUT2D eigenvalue weighted by molar-refractivity contribution is 0.251. The van der Waals surface area contributed by atoms with Crippen molar-refractivity contribution >= 4 is 11.7 Å². The Kier molecular flexibility index (Phi) is 5.08. The summed E-state index contributed by atoms with van der Waals surface area (Å²) in [6, 6.07) is 8.46. The van der Waals surface area contributed by atoms with Crippen LogP contribution in [0.3, 0.4) is 0 Å². The van der Waals surface area contributed by atoms with E-state index in [1.165, 1.54) is 0 Å². The molecule has 2 atom stereocenters. The van der Waals surface area contributed by atoms with Crippen molar-refractivity contribution < 1.29 is 9.32 Å². The van der Waals surface area contributed by atoms with E-state index in [0.717, 1.165) is 41.1 Å². The van der Waals surface area contributed by atoms with Crippen LogP contribution in [0.25, 0.3) is 0 Å². The Morgan fingerprint density at radius 2 is 1.84 bits per heavy atom. The van der Waals surface area contributed by atoms with Gasteiger partial charge in [0.05, 0.1) is 5.69 Å². The highest BCUT2D eigenvalue weighted by Crippen LogP contribution is 2.25. The monoisotopic (exact) mass is 342 g/mol. The number of carbonyl (C=O) groups excluding carboxylic acids is 1. The summed E-state index contributed by atoms with van der Waals surface area (Å²) in [7, 11) is 0. The smallest absolute Gasteiger partial charge is 0.319 e. The highest BCUT2D eigenvalue weighted by Gasteiger charge is 2.23. The van der Waals surface area contributed by atoms with Gasteiger partial charge in [0.15, 0.2) is 0 Å². The molecule has 25 heavy (non-hydrogen) atoms. The molecule has 0 radical (unpaired) electrons. The van der Waals surface area contributed by atoms with Crippen LogP contribution >= 0.6 is 0 Å². The lowest BCUT2D eigenvalue weighted by Crippen LogP contribution is -2.30. The van der Waals surface area contributed by atoms with Gasteiger partial charge >= 0.3 is 6.03 Å². The summed E-state index contributed by atoms with van der Waals surface area (Å²) in [5.41, 5.74) is 3.99. The highest BCUT2D eigenvalue weighted by molar-refractivity contribution is 5.89. The van der Waals surface area contributed by atoms with E-state index >= 15 is 0 Å². The number of nitrogens with one attached hydrogen (secondary N) is 3. The molecule has 0 aliphatic heterocycles. The quantitative estimate of drug-likeness (QED) is 0.742. The predicted molar refractivity (Wildman–Crippen MR) is 97.6 cm³/mol. The Labute approximate surface area is 148 Å². The van der Waals surface area contributed by atoms with Gasteiger partial charge < -0.3 is 20.5 Å². The van der Waals surface area contributed by atoms with Crippen LogP contribution in [0, 0.1) is 13.8 Å². The number of hydrogen-bond donors (Lipinski definition) is 3. The van der Waals surface area contributed by atoms with Crippen LogP contribution in [-0.4, -0.2) is 17.2 Å². The first kappa shape index (κ1) is 17.5. The van der Waals surface area contributed by atoms with E-state index in [9.17, 15) is 4.79 Å². The molecule has 0 spiro atoms. The molecule has 2 amide bonds. The van der Waals surface area contributed by atoms with Crippen molar-refractivity contribution in [3.05, 3.63) is 46.8 Å². The average Bonchev–Trinajstić information content (AvgIpc) is 3.30. The number of amides is 2.